The van der Waals surface area contributed by atoms with E-state index in [1.54, 1.807) is 0 Å². The molecule has 0 fully saturated rings. The Morgan fingerprint density at radius 1 is 1.26 bits per heavy atom. The first kappa shape index (κ1) is 17.5. The van der Waals surface area contributed by atoms with Gasteiger partial charge in [-0.15, -0.1) is 0 Å². The molecule has 1 aromatic heterocycles. The second kappa shape index (κ2) is 8.13. The van der Waals surface area contributed by atoms with E-state index in [0.29, 0.717) is 23.7 Å². The third-order valence-electron chi connectivity index (χ3n) is 3.78. The monoisotopic (exact) mass is 334 g/mol. The summed E-state index contributed by atoms with van der Waals surface area (Å²) in [6.45, 7) is 5.86. The number of benzene rings is 1. The summed E-state index contributed by atoms with van der Waals surface area (Å²) in [6.07, 6.45) is 0.897. The van der Waals surface area contributed by atoms with Crippen LogP contribution < -0.4 is 10.6 Å². The highest BCUT2D eigenvalue weighted by Crippen LogP contribution is 2.19. The predicted octanol–water partition coefficient (Wildman–Crippen LogP) is 2.54. The van der Waals surface area contributed by atoms with Crippen LogP contribution in [0, 0.1) is 13.8 Å². The van der Waals surface area contributed by atoms with Gasteiger partial charge in [0.15, 0.2) is 0 Å². The zero-order valence-electron chi connectivity index (χ0n) is 13.8. The van der Waals surface area contributed by atoms with Crippen LogP contribution in [0.3, 0.4) is 0 Å². The quantitative estimate of drug-likeness (QED) is 0.765. The molecule has 1 aromatic carbocycles. The molecule has 0 atom stereocenters. The van der Waals surface area contributed by atoms with E-state index in [4.69, 9.17) is 11.6 Å². The topological polar surface area (TPSA) is 58.9 Å². The first-order valence-electron chi connectivity index (χ1n) is 7.74. The second-order valence-corrected chi connectivity index (χ2v) is 5.92. The highest BCUT2D eigenvalue weighted by Gasteiger charge is 2.18. The SMILES string of the molecule is CNCCCNC(=O)c1c(C)nn(Cc2ccccc2Cl)c1C. The second-order valence-electron chi connectivity index (χ2n) is 5.51. The molecule has 0 aliphatic heterocycles. The number of hydrogen-bond acceptors (Lipinski definition) is 3. The predicted molar refractivity (Wildman–Crippen MR) is 93.1 cm³/mol. The summed E-state index contributed by atoms with van der Waals surface area (Å²) in [7, 11) is 1.90. The Bertz CT molecular complexity index is 681. The zero-order chi connectivity index (χ0) is 16.8. The normalized spacial score (nSPS) is 10.8. The summed E-state index contributed by atoms with van der Waals surface area (Å²) in [4.78, 5) is 12.4. The standard InChI is InChI=1S/C17H23ClN4O/c1-12-16(17(23)20-10-6-9-19-3)13(2)22(21-12)11-14-7-4-5-8-15(14)18/h4-5,7-8,19H,6,9-11H2,1-3H3,(H,20,23). The molecule has 0 saturated heterocycles. The van der Waals surface area contributed by atoms with E-state index in [0.717, 1.165) is 29.9 Å². The Morgan fingerprint density at radius 2 is 2.00 bits per heavy atom. The van der Waals surface area contributed by atoms with E-state index in [9.17, 15) is 4.79 Å². The van der Waals surface area contributed by atoms with E-state index in [1.807, 2.05) is 49.8 Å². The Labute approximate surface area is 142 Å². The van der Waals surface area contributed by atoms with Crippen LogP contribution in [0.5, 0.6) is 0 Å². The molecule has 0 saturated carbocycles. The van der Waals surface area contributed by atoms with Gasteiger partial charge in [-0.3, -0.25) is 9.48 Å². The van der Waals surface area contributed by atoms with Gasteiger partial charge in [-0.2, -0.15) is 5.10 Å². The number of aromatic nitrogens is 2. The fraction of sp³-hybridized carbons (Fsp3) is 0.412. The molecule has 6 heteroatoms. The van der Waals surface area contributed by atoms with Crippen molar-refractivity contribution in [1.82, 2.24) is 20.4 Å². The summed E-state index contributed by atoms with van der Waals surface area (Å²) >= 11 is 6.21. The first-order valence-corrected chi connectivity index (χ1v) is 8.12. The summed E-state index contributed by atoms with van der Waals surface area (Å²) in [6, 6.07) is 7.67. The number of nitrogens with one attached hydrogen (secondary N) is 2. The van der Waals surface area contributed by atoms with E-state index in [-0.39, 0.29) is 5.91 Å². The summed E-state index contributed by atoms with van der Waals surface area (Å²) in [5, 5.41) is 11.2. The van der Waals surface area contributed by atoms with Gasteiger partial charge in [0.25, 0.3) is 5.91 Å². The average Bonchev–Trinajstić information content (AvgIpc) is 2.80. The number of halogens is 1. The van der Waals surface area contributed by atoms with Gasteiger partial charge in [0.2, 0.25) is 0 Å². The fourth-order valence-corrected chi connectivity index (χ4v) is 2.72. The van der Waals surface area contributed by atoms with Gasteiger partial charge in [-0.1, -0.05) is 29.8 Å². The lowest BCUT2D eigenvalue weighted by molar-refractivity contribution is 0.0952. The molecule has 23 heavy (non-hydrogen) atoms. The van der Waals surface area contributed by atoms with Crippen LogP contribution in [-0.4, -0.2) is 35.8 Å². The van der Waals surface area contributed by atoms with Crippen LogP contribution in [0.25, 0.3) is 0 Å². The van der Waals surface area contributed by atoms with Crippen LogP contribution in [-0.2, 0) is 6.54 Å². The molecule has 1 heterocycles. The number of nitrogens with zero attached hydrogens (tertiary/aromatic N) is 2. The molecule has 0 radical (unpaired) electrons. The molecular weight excluding hydrogens is 312 g/mol. The number of rotatable bonds is 7. The van der Waals surface area contributed by atoms with Crippen LogP contribution >= 0.6 is 11.6 Å². The van der Waals surface area contributed by atoms with Crippen LogP contribution in [0.15, 0.2) is 24.3 Å². The fourth-order valence-electron chi connectivity index (χ4n) is 2.52. The summed E-state index contributed by atoms with van der Waals surface area (Å²) < 4.78 is 1.83. The van der Waals surface area contributed by atoms with Crippen molar-refractivity contribution in [1.29, 1.82) is 0 Å². The van der Waals surface area contributed by atoms with Gasteiger partial charge in [0, 0.05) is 17.3 Å². The van der Waals surface area contributed by atoms with Crippen molar-refractivity contribution >= 4 is 17.5 Å². The highest BCUT2D eigenvalue weighted by atomic mass is 35.5. The molecule has 2 N–H and O–H groups in total. The molecule has 2 rings (SSSR count). The number of carbonyl (C=O) groups is 1. The van der Waals surface area contributed by atoms with E-state index in [1.165, 1.54) is 0 Å². The minimum atomic E-state index is -0.0680. The van der Waals surface area contributed by atoms with Gasteiger partial charge in [0.1, 0.15) is 0 Å². The van der Waals surface area contributed by atoms with E-state index >= 15 is 0 Å². The molecule has 2 aromatic rings. The number of hydrogen-bond donors (Lipinski definition) is 2. The molecule has 1 amide bonds. The first-order chi connectivity index (χ1) is 11.0. The van der Waals surface area contributed by atoms with E-state index < -0.39 is 0 Å². The molecule has 124 valence electrons. The molecule has 5 nitrogen and oxygen atoms in total. The number of amides is 1. The van der Waals surface area contributed by atoms with Crippen LogP contribution in [0.4, 0.5) is 0 Å². The van der Waals surface area contributed by atoms with Crippen molar-refractivity contribution in [2.24, 2.45) is 0 Å². The van der Waals surface area contributed by atoms with Crippen molar-refractivity contribution < 1.29 is 4.79 Å². The van der Waals surface area contributed by atoms with Crippen molar-refractivity contribution in [2.75, 3.05) is 20.1 Å². The van der Waals surface area contributed by atoms with Crippen molar-refractivity contribution in [3.8, 4) is 0 Å². The lowest BCUT2D eigenvalue weighted by Crippen LogP contribution is -2.27. The Kier molecular flexibility index (Phi) is 6.19. The largest absolute Gasteiger partial charge is 0.352 e. The Hall–Kier alpha value is -1.85. The van der Waals surface area contributed by atoms with Gasteiger partial charge in [-0.25, -0.2) is 0 Å². The van der Waals surface area contributed by atoms with Crippen molar-refractivity contribution in [3.05, 3.63) is 51.8 Å². The lowest BCUT2D eigenvalue weighted by atomic mass is 10.1. The lowest BCUT2D eigenvalue weighted by Gasteiger charge is -2.08. The number of aryl methyl sites for hydroxylation is 1. The smallest absolute Gasteiger partial charge is 0.255 e. The van der Waals surface area contributed by atoms with Crippen LogP contribution in [0.2, 0.25) is 5.02 Å². The minimum Gasteiger partial charge on any atom is -0.352 e. The van der Waals surface area contributed by atoms with Gasteiger partial charge in [0.05, 0.1) is 17.8 Å². The van der Waals surface area contributed by atoms with Crippen molar-refractivity contribution in [2.45, 2.75) is 26.8 Å². The molecule has 0 aliphatic rings. The zero-order valence-corrected chi connectivity index (χ0v) is 14.6. The van der Waals surface area contributed by atoms with Crippen LogP contribution in [0.1, 0.15) is 33.7 Å². The highest BCUT2D eigenvalue weighted by molar-refractivity contribution is 6.31. The molecule has 0 aliphatic carbocycles. The maximum absolute atomic E-state index is 12.4. The van der Waals surface area contributed by atoms with Crippen molar-refractivity contribution in [3.63, 3.8) is 0 Å². The summed E-state index contributed by atoms with van der Waals surface area (Å²) in [5.74, 6) is -0.0680. The Morgan fingerprint density at radius 3 is 2.70 bits per heavy atom. The third kappa shape index (κ3) is 4.33. The maximum Gasteiger partial charge on any atom is 0.255 e. The van der Waals surface area contributed by atoms with E-state index in [2.05, 4.69) is 15.7 Å². The molecule has 0 bridgehead atoms. The molecule has 0 spiro atoms. The van der Waals surface area contributed by atoms with Gasteiger partial charge < -0.3 is 10.6 Å². The average molecular weight is 335 g/mol. The van der Waals surface area contributed by atoms with Gasteiger partial charge in [-0.05, 0) is 45.5 Å². The third-order valence-corrected chi connectivity index (χ3v) is 4.14. The maximum atomic E-state index is 12.4. The molecular formula is C17H23ClN4O. The summed E-state index contributed by atoms with van der Waals surface area (Å²) in [5.41, 5.74) is 3.23. The minimum absolute atomic E-state index is 0.0680. The number of carbonyl (C=O) groups excluding carboxylic acids is 1. The Balaban J connectivity index is 2.13. The van der Waals surface area contributed by atoms with Gasteiger partial charge >= 0.3 is 0 Å². The molecule has 0 unspecified atom stereocenters.